The molecule has 46 heavy (non-hydrogen) atoms. The van der Waals surface area contributed by atoms with Crippen LogP contribution in [-0.4, -0.2) is 76.1 Å². The van der Waals surface area contributed by atoms with Crippen molar-refractivity contribution >= 4 is 0 Å². The summed E-state index contributed by atoms with van der Waals surface area (Å²) in [6, 6.07) is 29.4. The van der Waals surface area contributed by atoms with Crippen LogP contribution in [0.2, 0.25) is 0 Å². The summed E-state index contributed by atoms with van der Waals surface area (Å²) < 4.78 is 56.9. The minimum Gasteiger partial charge on any atom is -0.497 e. The maximum absolute atomic E-state index is 9.61. The summed E-state index contributed by atoms with van der Waals surface area (Å²) in [4.78, 5) is 0. The van der Waals surface area contributed by atoms with Crippen LogP contribution in [0.4, 0.5) is 0 Å². The van der Waals surface area contributed by atoms with Crippen LogP contribution in [0.15, 0.2) is 84.9 Å². The van der Waals surface area contributed by atoms with Crippen molar-refractivity contribution in [3.63, 3.8) is 0 Å². The molecule has 1 aliphatic heterocycles. The van der Waals surface area contributed by atoms with E-state index in [-0.39, 0.29) is 26.4 Å². The number of nitriles is 1. The van der Waals surface area contributed by atoms with Crippen molar-refractivity contribution in [2.45, 2.75) is 81.9 Å². The number of rotatable bonds is 14. The standard InChI is InChI=1S/C36H43NO9/c1-35(39-4)36(2,40-5)46-34-32(44-23-26-14-10-7-11-15-26)30(42-24-27-16-18-28(38-3)19-17-27)29(41-21-20-37)31(33(34)45-35)43-22-25-12-8-6-9-13-25/h6-19,29-34H,21-24H2,1-5H3/t29-,30+,31-,32-,33+,34+,35-,36-/m1/s1. The Morgan fingerprint density at radius 1 is 0.587 bits per heavy atom. The Morgan fingerprint density at radius 2 is 1.00 bits per heavy atom. The highest BCUT2D eigenvalue weighted by atomic mass is 16.8. The van der Waals surface area contributed by atoms with E-state index in [1.54, 1.807) is 28.1 Å². The smallest absolute Gasteiger partial charge is 0.220 e. The summed E-state index contributed by atoms with van der Waals surface area (Å²) in [5.74, 6) is -1.90. The molecule has 3 aromatic carbocycles. The fraction of sp³-hybridized carbons (Fsp3) is 0.472. The first kappa shape index (κ1) is 34.0. The van der Waals surface area contributed by atoms with Gasteiger partial charge >= 0.3 is 0 Å². The average molecular weight is 634 g/mol. The zero-order valence-corrected chi connectivity index (χ0v) is 27.0. The Labute approximate surface area is 271 Å². The van der Waals surface area contributed by atoms with Gasteiger partial charge in [-0.2, -0.15) is 5.26 Å². The Bertz CT molecular complexity index is 1400. The molecule has 10 heteroatoms. The zero-order valence-electron chi connectivity index (χ0n) is 27.0. The molecule has 246 valence electrons. The third kappa shape index (κ3) is 7.44. The Morgan fingerprint density at radius 3 is 1.41 bits per heavy atom. The molecule has 1 aliphatic carbocycles. The van der Waals surface area contributed by atoms with E-state index in [1.807, 2.05) is 84.9 Å². The van der Waals surface area contributed by atoms with Crippen LogP contribution in [-0.2, 0) is 57.7 Å². The fourth-order valence-electron chi connectivity index (χ4n) is 5.93. The van der Waals surface area contributed by atoms with Crippen molar-refractivity contribution in [3.05, 3.63) is 102 Å². The topological polar surface area (TPSA) is 107 Å². The molecule has 5 rings (SSSR count). The van der Waals surface area contributed by atoms with Gasteiger partial charge < -0.3 is 42.6 Å². The van der Waals surface area contributed by atoms with E-state index in [1.165, 1.54) is 7.11 Å². The SMILES string of the molecule is COc1ccc(CO[C@H]2[C@@H](OCC#N)[C@@H](OCc3ccccc3)[C@@H]3O[C@@](C)(OC)[C@](C)(OC)O[C@H]3[C@@H]2OCc2ccccc2)cc1. The summed E-state index contributed by atoms with van der Waals surface area (Å²) in [5.41, 5.74) is 2.85. The second-order valence-corrected chi connectivity index (χ2v) is 11.5. The lowest BCUT2D eigenvalue weighted by atomic mass is 9.82. The molecule has 10 nitrogen and oxygen atoms in total. The minimum atomic E-state index is -1.32. The molecular weight excluding hydrogens is 590 g/mol. The molecule has 3 aromatic rings. The highest BCUT2D eigenvalue weighted by molar-refractivity contribution is 5.27. The van der Waals surface area contributed by atoms with Crippen molar-refractivity contribution in [2.75, 3.05) is 27.9 Å². The highest BCUT2D eigenvalue weighted by Crippen LogP contribution is 2.46. The van der Waals surface area contributed by atoms with Gasteiger partial charge in [0.15, 0.2) is 0 Å². The van der Waals surface area contributed by atoms with Gasteiger partial charge in [-0.1, -0.05) is 72.8 Å². The van der Waals surface area contributed by atoms with Gasteiger partial charge in [0.1, 0.15) is 49.0 Å². The molecule has 0 bridgehead atoms. The molecule has 0 N–H and O–H groups in total. The molecule has 0 unspecified atom stereocenters. The fourth-order valence-corrected chi connectivity index (χ4v) is 5.93. The van der Waals surface area contributed by atoms with Crippen LogP contribution >= 0.6 is 0 Å². The van der Waals surface area contributed by atoms with Gasteiger partial charge in [0.05, 0.1) is 33.0 Å². The number of hydrogen-bond donors (Lipinski definition) is 0. The number of hydrogen-bond acceptors (Lipinski definition) is 10. The quantitative estimate of drug-likeness (QED) is 0.236. The second kappa shape index (κ2) is 15.5. The largest absolute Gasteiger partial charge is 0.497 e. The van der Waals surface area contributed by atoms with E-state index in [9.17, 15) is 5.26 Å². The predicted octanol–water partition coefficient (Wildman–Crippen LogP) is 5.18. The van der Waals surface area contributed by atoms with Crippen LogP contribution in [0.3, 0.4) is 0 Å². The number of nitrogens with zero attached hydrogens (tertiary/aromatic N) is 1. The van der Waals surface area contributed by atoms with Gasteiger partial charge in [-0.05, 0) is 42.7 Å². The first-order chi connectivity index (χ1) is 22.3. The van der Waals surface area contributed by atoms with Crippen molar-refractivity contribution < 1.29 is 42.6 Å². The molecule has 8 atom stereocenters. The molecule has 0 aromatic heterocycles. The van der Waals surface area contributed by atoms with Gasteiger partial charge in [0, 0.05) is 14.2 Å². The summed E-state index contributed by atoms with van der Waals surface area (Å²) in [6.45, 7) is 4.10. The van der Waals surface area contributed by atoms with Gasteiger partial charge in [0.2, 0.25) is 11.6 Å². The van der Waals surface area contributed by atoms with Crippen LogP contribution in [0.1, 0.15) is 30.5 Å². The summed E-state index contributed by atoms with van der Waals surface area (Å²) in [5, 5.41) is 9.61. The third-order valence-electron chi connectivity index (χ3n) is 8.78. The lowest BCUT2D eigenvalue weighted by Gasteiger charge is -2.58. The van der Waals surface area contributed by atoms with E-state index >= 15 is 0 Å². The molecule has 0 spiro atoms. The highest BCUT2D eigenvalue weighted by Gasteiger charge is 2.65. The van der Waals surface area contributed by atoms with Gasteiger partial charge in [0.25, 0.3) is 0 Å². The molecule has 0 amide bonds. The van der Waals surface area contributed by atoms with Crippen molar-refractivity contribution in [1.29, 1.82) is 5.26 Å². The predicted molar refractivity (Wildman–Crippen MR) is 168 cm³/mol. The van der Waals surface area contributed by atoms with Crippen LogP contribution in [0.5, 0.6) is 5.75 Å². The summed E-state index contributed by atoms with van der Waals surface area (Å²) in [6.07, 6.45) is -4.47. The second-order valence-electron chi connectivity index (χ2n) is 11.5. The van der Waals surface area contributed by atoms with Crippen molar-refractivity contribution in [1.82, 2.24) is 0 Å². The summed E-state index contributed by atoms with van der Waals surface area (Å²) >= 11 is 0. The normalized spacial score (nSPS) is 30.7. The molecule has 1 saturated heterocycles. The molecule has 1 saturated carbocycles. The van der Waals surface area contributed by atoms with E-state index in [2.05, 4.69) is 6.07 Å². The van der Waals surface area contributed by atoms with Gasteiger partial charge in [-0.15, -0.1) is 0 Å². The van der Waals surface area contributed by atoms with Crippen LogP contribution in [0, 0.1) is 11.3 Å². The molecule has 1 heterocycles. The average Bonchev–Trinajstić information content (AvgIpc) is 3.10. The Balaban J connectivity index is 1.55. The van der Waals surface area contributed by atoms with Crippen LogP contribution in [0.25, 0.3) is 0 Å². The molecular formula is C36H43NO9. The lowest BCUT2D eigenvalue weighted by molar-refractivity contribution is -0.474. The Kier molecular flexibility index (Phi) is 11.4. The summed E-state index contributed by atoms with van der Waals surface area (Å²) in [7, 11) is 4.71. The molecule has 0 radical (unpaired) electrons. The van der Waals surface area contributed by atoms with Gasteiger partial charge in [-0.3, -0.25) is 0 Å². The van der Waals surface area contributed by atoms with Crippen LogP contribution < -0.4 is 4.74 Å². The number of fused-ring (bicyclic) bond motifs is 1. The van der Waals surface area contributed by atoms with Crippen molar-refractivity contribution in [3.8, 4) is 11.8 Å². The monoisotopic (exact) mass is 633 g/mol. The minimum absolute atomic E-state index is 0.195. The zero-order chi connectivity index (χ0) is 32.6. The first-order valence-corrected chi connectivity index (χ1v) is 15.3. The van der Waals surface area contributed by atoms with E-state index in [0.29, 0.717) is 0 Å². The number of benzene rings is 3. The maximum atomic E-state index is 9.61. The maximum Gasteiger partial charge on any atom is 0.220 e. The molecule has 2 aliphatic rings. The van der Waals surface area contributed by atoms with E-state index < -0.39 is 48.2 Å². The molecule has 2 fully saturated rings. The number of ether oxygens (including phenoxy) is 9. The Hall–Kier alpha value is -3.37. The van der Waals surface area contributed by atoms with E-state index in [4.69, 9.17) is 42.6 Å². The lowest BCUT2D eigenvalue weighted by Crippen LogP contribution is -2.75. The van der Waals surface area contributed by atoms with Crippen molar-refractivity contribution in [2.24, 2.45) is 0 Å². The van der Waals surface area contributed by atoms with E-state index in [0.717, 1.165) is 22.4 Å². The van der Waals surface area contributed by atoms with Gasteiger partial charge in [-0.25, -0.2) is 0 Å². The third-order valence-corrected chi connectivity index (χ3v) is 8.78. The number of methoxy groups -OCH3 is 3. The first-order valence-electron chi connectivity index (χ1n) is 15.3.